The van der Waals surface area contributed by atoms with Gasteiger partial charge in [0.05, 0.1) is 0 Å². The maximum Gasteiger partial charge on any atom is 0.140 e. The zero-order chi connectivity index (χ0) is 10.3. The summed E-state index contributed by atoms with van der Waals surface area (Å²) in [4.78, 5) is 12.3. The van der Waals surface area contributed by atoms with Gasteiger partial charge in [0.15, 0.2) is 0 Å². The summed E-state index contributed by atoms with van der Waals surface area (Å²) in [5.74, 6) is 1.37. The lowest BCUT2D eigenvalue weighted by Gasteiger charge is -2.22. The molecule has 0 amide bonds. The van der Waals surface area contributed by atoms with Gasteiger partial charge in [-0.3, -0.25) is 4.79 Å². The van der Waals surface area contributed by atoms with Crippen LogP contribution in [0.4, 0.5) is 0 Å². The van der Waals surface area contributed by atoms with Crippen LogP contribution in [-0.2, 0) is 4.79 Å². The summed E-state index contributed by atoms with van der Waals surface area (Å²) in [5.41, 5.74) is 0.183. The number of carbonyl (C=O) groups is 1. The Hall–Kier alpha value is -0.370. The van der Waals surface area contributed by atoms with Crippen molar-refractivity contribution in [1.29, 1.82) is 0 Å². The van der Waals surface area contributed by atoms with Crippen molar-refractivity contribution >= 4 is 5.78 Å². The fourth-order valence-corrected chi connectivity index (χ4v) is 3.74. The first-order valence-electron chi connectivity index (χ1n) is 6.58. The molecule has 84 valence electrons. The summed E-state index contributed by atoms with van der Waals surface area (Å²) in [6, 6.07) is 0.509. The number of hydrogen-bond acceptors (Lipinski definition) is 2. The molecule has 1 N–H and O–H groups in total. The highest BCUT2D eigenvalue weighted by Crippen LogP contribution is 2.62. The van der Waals surface area contributed by atoms with E-state index in [2.05, 4.69) is 5.32 Å². The van der Waals surface area contributed by atoms with E-state index in [0.717, 1.165) is 18.9 Å². The van der Waals surface area contributed by atoms with Crippen molar-refractivity contribution in [3.8, 4) is 0 Å². The molecule has 3 aliphatic rings. The van der Waals surface area contributed by atoms with Crippen LogP contribution in [0.2, 0.25) is 0 Å². The molecule has 1 aliphatic heterocycles. The van der Waals surface area contributed by atoms with Gasteiger partial charge in [0.25, 0.3) is 0 Å². The third-order valence-corrected chi connectivity index (χ3v) is 4.81. The lowest BCUT2D eigenvalue weighted by atomic mass is 9.83. The Morgan fingerprint density at radius 1 is 1.27 bits per heavy atom. The molecule has 0 bridgehead atoms. The summed E-state index contributed by atoms with van der Waals surface area (Å²) in [5, 5.41) is 3.44. The zero-order valence-electron chi connectivity index (χ0n) is 9.43. The predicted molar refractivity (Wildman–Crippen MR) is 59.7 cm³/mol. The van der Waals surface area contributed by atoms with Gasteiger partial charge >= 0.3 is 0 Å². The summed E-state index contributed by atoms with van der Waals surface area (Å²) in [7, 11) is 0. The largest absolute Gasteiger partial charge is 0.314 e. The van der Waals surface area contributed by atoms with E-state index in [1.165, 1.54) is 44.9 Å². The number of nitrogens with one attached hydrogen (secondary N) is 1. The van der Waals surface area contributed by atoms with Crippen LogP contribution < -0.4 is 5.32 Å². The maximum atomic E-state index is 12.3. The first kappa shape index (κ1) is 9.83. The molecule has 2 nitrogen and oxygen atoms in total. The number of rotatable bonds is 3. The molecule has 3 rings (SSSR count). The van der Waals surface area contributed by atoms with Gasteiger partial charge in [-0.1, -0.05) is 12.8 Å². The quantitative estimate of drug-likeness (QED) is 0.769. The summed E-state index contributed by atoms with van der Waals surface area (Å²) in [6.45, 7) is 1.12. The van der Waals surface area contributed by atoms with Gasteiger partial charge in [-0.05, 0) is 44.6 Å². The second-order valence-corrected chi connectivity index (χ2v) is 5.72. The molecule has 2 aliphatic carbocycles. The molecule has 0 radical (unpaired) electrons. The molecule has 2 heteroatoms. The van der Waals surface area contributed by atoms with Crippen LogP contribution in [-0.4, -0.2) is 18.4 Å². The molecule has 3 unspecified atom stereocenters. The monoisotopic (exact) mass is 207 g/mol. The van der Waals surface area contributed by atoms with Gasteiger partial charge in [0.2, 0.25) is 0 Å². The predicted octanol–water partition coefficient (Wildman–Crippen LogP) is 2.28. The lowest BCUT2D eigenvalue weighted by Crippen LogP contribution is -2.30. The topological polar surface area (TPSA) is 29.1 Å². The van der Waals surface area contributed by atoms with Crippen molar-refractivity contribution in [3.05, 3.63) is 0 Å². The van der Waals surface area contributed by atoms with Crippen molar-refractivity contribution in [3.63, 3.8) is 0 Å². The van der Waals surface area contributed by atoms with Crippen LogP contribution in [0.3, 0.4) is 0 Å². The number of hydrogen-bond donors (Lipinski definition) is 1. The first-order valence-corrected chi connectivity index (χ1v) is 6.58. The van der Waals surface area contributed by atoms with Crippen molar-refractivity contribution in [1.82, 2.24) is 5.32 Å². The highest BCUT2D eigenvalue weighted by Gasteiger charge is 2.59. The minimum atomic E-state index is 0.183. The molecule has 0 aromatic carbocycles. The molecule has 15 heavy (non-hydrogen) atoms. The Bertz CT molecular complexity index is 270. The van der Waals surface area contributed by atoms with E-state index in [1.807, 2.05) is 0 Å². The van der Waals surface area contributed by atoms with E-state index >= 15 is 0 Å². The second kappa shape index (κ2) is 3.58. The number of fused-ring (bicyclic) bond motifs is 1. The summed E-state index contributed by atoms with van der Waals surface area (Å²) < 4.78 is 0. The van der Waals surface area contributed by atoms with Gasteiger partial charge in [-0.25, -0.2) is 0 Å². The highest BCUT2D eigenvalue weighted by atomic mass is 16.1. The van der Waals surface area contributed by atoms with Crippen LogP contribution in [0.1, 0.15) is 51.4 Å². The summed E-state index contributed by atoms with van der Waals surface area (Å²) in [6.07, 6.45) is 9.69. The SMILES string of the molecule is O=C(CC1CCCN1)C12CCCCC1C2. The van der Waals surface area contributed by atoms with Gasteiger partial charge in [-0.2, -0.15) is 0 Å². The van der Waals surface area contributed by atoms with E-state index in [1.54, 1.807) is 0 Å². The molecule has 2 saturated carbocycles. The fraction of sp³-hybridized carbons (Fsp3) is 0.923. The number of carbonyl (C=O) groups excluding carboxylic acids is 1. The van der Waals surface area contributed by atoms with Gasteiger partial charge < -0.3 is 5.32 Å². The van der Waals surface area contributed by atoms with Crippen LogP contribution in [0.5, 0.6) is 0 Å². The van der Waals surface area contributed by atoms with Gasteiger partial charge in [-0.15, -0.1) is 0 Å². The lowest BCUT2D eigenvalue weighted by molar-refractivity contribution is -0.125. The van der Waals surface area contributed by atoms with Crippen LogP contribution in [0.15, 0.2) is 0 Å². The Morgan fingerprint density at radius 2 is 2.20 bits per heavy atom. The number of ketones is 1. The Morgan fingerprint density at radius 3 is 2.93 bits per heavy atom. The Labute approximate surface area is 91.8 Å². The molecule has 3 fully saturated rings. The molecule has 0 aromatic heterocycles. The molecular weight excluding hydrogens is 186 g/mol. The van der Waals surface area contributed by atoms with Crippen LogP contribution in [0.25, 0.3) is 0 Å². The average Bonchev–Trinajstić information content (AvgIpc) is 2.81. The second-order valence-electron chi connectivity index (χ2n) is 5.72. The van der Waals surface area contributed by atoms with Crippen molar-refractivity contribution < 1.29 is 4.79 Å². The van der Waals surface area contributed by atoms with E-state index in [4.69, 9.17) is 0 Å². The Kier molecular flexibility index (Phi) is 2.35. The van der Waals surface area contributed by atoms with Gasteiger partial charge in [0.1, 0.15) is 5.78 Å². The van der Waals surface area contributed by atoms with E-state index in [0.29, 0.717) is 11.8 Å². The molecule has 3 atom stereocenters. The molecule has 1 saturated heterocycles. The smallest absolute Gasteiger partial charge is 0.140 e. The van der Waals surface area contributed by atoms with Crippen molar-refractivity contribution in [2.75, 3.05) is 6.54 Å². The minimum Gasteiger partial charge on any atom is -0.314 e. The molecule has 1 heterocycles. The third kappa shape index (κ3) is 1.63. The zero-order valence-corrected chi connectivity index (χ0v) is 9.43. The van der Waals surface area contributed by atoms with Gasteiger partial charge in [0, 0.05) is 17.9 Å². The van der Waals surface area contributed by atoms with Crippen LogP contribution >= 0.6 is 0 Å². The Balaban J connectivity index is 1.60. The normalized spacial score (nSPS) is 43.7. The van der Waals surface area contributed by atoms with Crippen LogP contribution in [0, 0.1) is 11.3 Å². The summed E-state index contributed by atoms with van der Waals surface area (Å²) >= 11 is 0. The van der Waals surface area contributed by atoms with E-state index in [9.17, 15) is 4.79 Å². The van der Waals surface area contributed by atoms with E-state index < -0.39 is 0 Å². The standard InChI is InChI=1S/C13H21NO/c15-12(8-11-5-3-7-14-11)13-6-2-1-4-10(13)9-13/h10-11,14H,1-9H2. The van der Waals surface area contributed by atoms with Crippen molar-refractivity contribution in [2.24, 2.45) is 11.3 Å². The fourth-order valence-electron chi connectivity index (χ4n) is 3.74. The van der Waals surface area contributed by atoms with Crippen molar-refractivity contribution in [2.45, 2.75) is 57.4 Å². The number of Topliss-reactive ketones (excluding diaryl/α,β-unsaturated/α-hetero) is 1. The molecule has 0 spiro atoms. The highest BCUT2D eigenvalue weighted by molar-refractivity contribution is 5.88. The molecular formula is C13H21NO. The van der Waals surface area contributed by atoms with E-state index in [-0.39, 0.29) is 5.41 Å². The molecule has 0 aromatic rings. The minimum absolute atomic E-state index is 0.183. The first-order chi connectivity index (χ1) is 7.31. The third-order valence-electron chi connectivity index (χ3n) is 4.81. The maximum absolute atomic E-state index is 12.3. The average molecular weight is 207 g/mol.